The van der Waals surface area contributed by atoms with E-state index in [0.29, 0.717) is 5.56 Å². The Labute approximate surface area is 135 Å². The molecule has 0 saturated heterocycles. The van der Waals surface area contributed by atoms with Crippen LogP contribution >= 0.6 is 0 Å². The topological polar surface area (TPSA) is 92.7 Å². The first-order valence-electron chi connectivity index (χ1n) is 7.52. The van der Waals surface area contributed by atoms with Crippen molar-refractivity contribution in [2.45, 2.75) is 40.2 Å². The predicted molar refractivity (Wildman–Crippen MR) is 85.2 cm³/mol. The molecule has 0 bridgehead atoms. The Hall–Kier alpha value is -2.37. The van der Waals surface area contributed by atoms with E-state index in [9.17, 15) is 19.5 Å². The molecular formula is C17H23NO5. The lowest BCUT2D eigenvalue weighted by Crippen LogP contribution is -2.45. The minimum atomic E-state index is -1.18. The number of esters is 1. The quantitative estimate of drug-likeness (QED) is 0.750. The van der Waals surface area contributed by atoms with E-state index in [2.05, 4.69) is 5.32 Å². The van der Waals surface area contributed by atoms with E-state index in [1.54, 1.807) is 26.0 Å². The van der Waals surface area contributed by atoms with Crippen molar-refractivity contribution >= 4 is 17.8 Å². The fourth-order valence-corrected chi connectivity index (χ4v) is 2.38. The highest BCUT2D eigenvalue weighted by atomic mass is 16.5. The molecule has 6 heteroatoms. The summed E-state index contributed by atoms with van der Waals surface area (Å²) in [5, 5.41) is 11.8. The largest absolute Gasteiger partial charge is 0.480 e. The third kappa shape index (κ3) is 5.73. The number of ether oxygens (including phenoxy) is 1. The predicted octanol–water partition coefficient (Wildman–Crippen LogP) is 2.08. The first-order chi connectivity index (χ1) is 10.7. The molecule has 0 heterocycles. The number of aliphatic carboxylic acids is 1. The van der Waals surface area contributed by atoms with Crippen molar-refractivity contribution in [3.05, 3.63) is 34.9 Å². The van der Waals surface area contributed by atoms with Crippen LogP contribution in [0.1, 0.15) is 41.8 Å². The normalized spacial score (nSPS) is 13.0. The van der Waals surface area contributed by atoms with Gasteiger partial charge in [0.2, 0.25) is 0 Å². The van der Waals surface area contributed by atoms with Gasteiger partial charge in [-0.1, -0.05) is 24.1 Å². The fraction of sp³-hybridized carbons (Fsp3) is 0.471. The summed E-state index contributed by atoms with van der Waals surface area (Å²) >= 11 is 0. The molecule has 6 nitrogen and oxygen atoms in total. The number of nitrogens with one attached hydrogen (secondary N) is 1. The van der Waals surface area contributed by atoms with E-state index in [-0.39, 0.29) is 13.0 Å². The molecule has 0 spiro atoms. The van der Waals surface area contributed by atoms with E-state index in [4.69, 9.17) is 4.74 Å². The van der Waals surface area contributed by atoms with Crippen LogP contribution < -0.4 is 5.32 Å². The van der Waals surface area contributed by atoms with E-state index in [1.807, 2.05) is 19.9 Å². The third-order valence-corrected chi connectivity index (χ3v) is 3.40. The molecule has 0 unspecified atom stereocenters. The van der Waals surface area contributed by atoms with E-state index in [1.165, 1.54) is 0 Å². The van der Waals surface area contributed by atoms with Gasteiger partial charge in [-0.2, -0.15) is 0 Å². The Kier molecular flexibility index (Phi) is 6.75. The number of carboxylic acids is 1. The molecule has 0 aliphatic heterocycles. The molecule has 126 valence electrons. The van der Waals surface area contributed by atoms with Gasteiger partial charge >= 0.3 is 11.9 Å². The molecule has 0 aliphatic carbocycles. The number of rotatable bonds is 7. The second kappa shape index (κ2) is 8.31. The van der Waals surface area contributed by atoms with Crippen LogP contribution in [0.4, 0.5) is 0 Å². The third-order valence-electron chi connectivity index (χ3n) is 3.40. The van der Waals surface area contributed by atoms with Crippen molar-refractivity contribution in [2.75, 3.05) is 6.61 Å². The number of carbonyl (C=O) groups is 3. The summed E-state index contributed by atoms with van der Waals surface area (Å²) in [4.78, 5) is 35.2. The van der Waals surface area contributed by atoms with Crippen molar-refractivity contribution in [3.63, 3.8) is 0 Å². The van der Waals surface area contributed by atoms with Crippen LogP contribution in [-0.4, -0.2) is 35.6 Å². The number of amides is 1. The highest BCUT2D eigenvalue weighted by Gasteiger charge is 2.29. The van der Waals surface area contributed by atoms with Gasteiger partial charge in [0.25, 0.3) is 5.91 Å². The lowest BCUT2D eigenvalue weighted by molar-refractivity contribution is -0.145. The number of hydrogen-bond donors (Lipinski definition) is 2. The Morgan fingerprint density at radius 2 is 1.74 bits per heavy atom. The number of aryl methyl sites for hydroxylation is 2. The van der Waals surface area contributed by atoms with Crippen LogP contribution in [0.3, 0.4) is 0 Å². The maximum absolute atomic E-state index is 12.3. The standard InChI is InChI=1S/C17H23NO5/c1-5-23-14(19)9-12(4)15(17(21)22)18-16(20)13-7-10(2)6-11(3)8-13/h6-8,12,15H,5,9H2,1-4H3,(H,18,20)(H,21,22)/t12-,15+/m0/s1. The number of hydrogen-bond acceptors (Lipinski definition) is 4. The monoisotopic (exact) mass is 321 g/mol. The molecule has 1 amide bonds. The van der Waals surface area contributed by atoms with Gasteiger partial charge in [0.1, 0.15) is 6.04 Å². The minimum absolute atomic E-state index is 0.0715. The van der Waals surface area contributed by atoms with Gasteiger partial charge in [-0.15, -0.1) is 0 Å². The Morgan fingerprint density at radius 3 is 2.22 bits per heavy atom. The van der Waals surface area contributed by atoms with Gasteiger partial charge in [0.15, 0.2) is 0 Å². The highest BCUT2D eigenvalue weighted by molar-refractivity contribution is 5.97. The van der Waals surface area contributed by atoms with E-state index in [0.717, 1.165) is 11.1 Å². The molecule has 0 fully saturated rings. The molecule has 1 rings (SSSR count). The zero-order valence-electron chi connectivity index (χ0n) is 13.9. The maximum Gasteiger partial charge on any atom is 0.326 e. The summed E-state index contributed by atoms with van der Waals surface area (Å²) in [6.07, 6.45) is -0.0715. The average Bonchev–Trinajstić information content (AvgIpc) is 2.42. The summed E-state index contributed by atoms with van der Waals surface area (Å²) in [5.41, 5.74) is 2.24. The van der Waals surface area contributed by atoms with Crippen molar-refractivity contribution < 1.29 is 24.2 Å². The maximum atomic E-state index is 12.3. The molecule has 1 aromatic rings. The molecular weight excluding hydrogens is 298 g/mol. The van der Waals surface area contributed by atoms with Crippen LogP contribution in [0.5, 0.6) is 0 Å². The van der Waals surface area contributed by atoms with Crippen molar-refractivity contribution in [1.82, 2.24) is 5.32 Å². The first-order valence-corrected chi connectivity index (χ1v) is 7.52. The van der Waals surface area contributed by atoms with Crippen molar-refractivity contribution in [1.29, 1.82) is 0 Å². The number of benzene rings is 1. The second-order valence-corrected chi connectivity index (χ2v) is 5.65. The SMILES string of the molecule is CCOC(=O)C[C@H](C)[C@@H](NC(=O)c1cc(C)cc(C)c1)C(=O)O. The van der Waals surface area contributed by atoms with Gasteiger partial charge in [0.05, 0.1) is 13.0 Å². The van der Waals surface area contributed by atoms with Gasteiger partial charge < -0.3 is 15.2 Å². The van der Waals surface area contributed by atoms with Crippen LogP contribution in [0.25, 0.3) is 0 Å². The molecule has 1 aromatic carbocycles. The number of carboxylic acid groups (broad SMARTS) is 1. The van der Waals surface area contributed by atoms with Gasteiger partial charge in [-0.05, 0) is 38.8 Å². The number of carbonyl (C=O) groups excluding carboxylic acids is 2. The first kappa shape index (κ1) is 18.7. The molecule has 0 aliphatic rings. The Morgan fingerprint density at radius 1 is 1.17 bits per heavy atom. The molecule has 0 aromatic heterocycles. The van der Waals surface area contributed by atoms with Gasteiger partial charge in [0, 0.05) is 5.56 Å². The highest BCUT2D eigenvalue weighted by Crippen LogP contribution is 2.13. The Balaban J connectivity index is 2.84. The van der Waals surface area contributed by atoms with Crippen LogP contribution in [0, 0.1) is 19.8 Å². The lowest BCUT2D eigenvalue weighted by atomic mass is 9.97. The molecule has 2 N–H and O–H groups in total. The summed E-state index contributed by atoms with van der Waals surface area (Å²) in [6.45, 7) is 7.23. The molecule has 2 atom stereocenters. The summed E-state index contributed by atoms with van der Waals surface area (Å²) in [6, 6.07) is 4.15. The van der Waals surface area contributed by atoms with Crippen molar-refractivity contribution in [3.8, 4) is 0 Å². The average molecular weight is 321 g/mol. The zero-order chi connectivity index (χ0) is 17.6. The molecule has 23 heavy (non-hydrogen) atoms. The summed E-state index contributed by atoms with van der Waals surface area (Å²) in [7, 11) is 0. The van der Waals surface area contributed by atoms with E-state index >= 15 is 0 Å². The minimum Gasteiger partial charge on any atom is -0.480 e. The van der Waals surface area contributed by atoms with Crippen LogP contribution in [0.2, 0.25) is 0 Å². The lowest BCUT2D eigenvalue weighted by Gasteiger charge is -2.21. The molecule has 0 radical (unpaired) electrons. The summed E-state index contributed by atoms with van der Waals surface area (Å²) < 4.78 is 4.82. The second-order valence-electron chi connectivity index (χ2n) is 5.65. The van der Waals surface area contributed by atoms with Gasteiger partial charge in [-0.3, -0.25) is 9.59 Å². The van der Waals surface area contributed by atoms with Crippen LogP contribution in [-0.2, 0) is 14.3 Å². The van der Waals surface area contributed by atoms with Gasteiger partial charge in [-0.25, -0.2) is 4.79 Å². The smallest absolute Gasteiger partial charge is 0.326 e. The van der Waals surface area contributed by atoms with Crippen molar-refractivity contribution in [2.24, 2.45) is 5.92 Å². The Bertz CT molecular complexity index is 576. The van der Waals surface area contributed by atoms with E-state index < -0.39 is 29.8 Å². The summed E-state index contributed by atoms with van der Waals surface area (Å²) in [5.74, 6) is -2.72. The van der Waals surface area contributed by atoms with Crippen LogP contribution in [0.15, 0.2) is 18.2 Å². The molecule has 0 saturated carbocycles. The zero-order valence-corrected chi connectivity index (χ0v) is 13.9. The fourth-order valence-electron chi connectivity index (χ4n) is 2.38.